The molecule has 18 heavy (non-hydrogen) atoms. The minimum atomic E-state index is -1.68. The van der Waals surface area contributed by atoms with Gasteiger partial charge in [-0.1, -0.05) is 6.07 Å². The number of carbonyl (C=O) groups excluding carboxylic acids is 1. The topological polar surface area (TPSA) is 133 Å². The van der Waals surface area contributed by atoms with E-state index in [9.17, 15) is 19.7 Å². The van der Waals surface area contributed by atoms with E-state index >= 15 is 0 Å². The highest BCUT2D eigenvalue weighted by molar-refractivity contribution is 5.94. The number of nitro groups is 1. The molecule has 1 rings (SSSR count). The van der Waals surface area contributed by atoms with Crippen LogP contribution in [-0.4, -0.2) is 29.1 Å². The first-order chi connectivity index (χ1) is 8.40. The van der Waals surface area contributed by atoms with Crippen molar-refractivity contribution < 1.29 is 24.4 Å². The van der Waals surface area contributed by atoms with Crippen molar-refractivity contribution in [2.75, 3.05) is 7.11 Å². The van der Waals surface area contributed by atoms with Crippen LogP contribution in [0.25, 0.3) is 0 Å². The van der Waals surface area contributed by atoms with Crippen molar-refractivity contribution in [1.29, 1.82) is 0 Å². The second kappa shape index (κ2) is 5.23. The molecule has 0 saturated carbocycles. The number of methoxy groups -OCH3 is 1. The van der Waals surface area contributed by atoms with Gasteiger partial charge in [0.05, 0.1) is 23.2 Å². The largest absolute Gasteiger partial charge is 0.480 e. The summed E-state index contributed by atoms with van der Waals surface area (Å²) in [5.41, 5.74) is 4.22. The Bertz CT molecular complexity index is 513. The van der Waals surface area contributed by atoms with Crippen molar-refractivity contribution in [2.45, 2.75) is 6.04 Å². The molecule has 8 nitrogen and oxygen atoms in total. The molecule has 0 aliphatic rings. The van der Waals surface area contributed by atoms with Gasteiger partial charge in [-0.3, -0.25) is 14.9 Å². The Labute approximate surface area is 101 Å². The fourth-order valence-electron chi connectivity index (χ4n) is 1.45. The number of benzene rings is 1. The van der Waals surface area contributed by atoms with Crippen LogP contribution in [0.5, 0.6) is 0 Å². The van der Waals surface area contributed by atoms with Crippen LogP contribution in [0.3, 0.4) is 0 Å². The lowest BCUT2D eigenvalue weighted by atomic mass is 9.99. The minimum absolute atomic E-state index is 0.235. The van der Waals surface area contributed by atoms with Crippen molar-refractivity contribution in [1.82, 2.24) is 0 Å². The van der Waals surface area contributed by atoms with E-state index in [4.69, 9.17) is 10.8 Å². The van der Waals surface area contributed by atoms with Crippen LogP contribution >= 0.6 is 0 Å². The van der Waals surface area contributed by atoms with Crippen molar-refractivity contribution in [3.05, 3.63) is 39.4 Å². The summed E-state index contributed by atoms with van der Waals surface area (Å²) in [6.45, 7) is 0. The zero-order chi connectivity index (χ0) is 13.9. The number of nitrogens with zero attached hydrogens (tertiary/aromatic N) is 1. The summed E-state index contributed by atoms with van der Waals surface area (Å²) >= 11 is 0. The molecular formula is C10H10N2O6. The fourth-order valence-corrected chi connectivity index (χ4v) is 1.45. The molecule has 0 fully saturated rings. The van der Waals surface area contributed by atoms with Gasteiger partial charge in [-0.05, 0) is 6.07 Å². The molecule has 0 aliphatic heterocycles. The van der Waals surface area contributed by atoms with Crippen LogP contribution in [0.15, 0.2) is 18.2 Å². The zero-order valence-electron chi connectivity index (χ0n) is 9.32. The summed E-state index contributed by atoms with van der Waals surface area (Å²) < 4.78 is 4.43. The van der Waals surface area contributed by atoms with Crippen molar-refractivity contribution in [2.24, 2.45) is 5.73 Å². The molecular weight excluding hydrogens is 244 g/mol. The molecule has 1 aromatic carbocycles. The summed E-state index contributed by atoms with van der Waals surface area (Å²) in [6, 6.07) is 1.87. The van der Waals surface area contributed by atoms with Crippen LogP contribution in [0.1, 0.15) is 22.0 Å². The van der Waals surface area contributed by atoms with Crippen LogP contribution in [0.2, 0.25) is 0 Å². The van der Waals surface area contributed by atoms with Crippen molar-refractivity contribution in [3.63, 3.8) is 0 Å². The van der Waals surface area contributed by atoms with Crippen LogP contribution in [-0.2, 0) is 9.53 Å². The predicted octanol–water partition coefficient (Wildman–Crippen LogP) is 0.466. The lowest BCUT2D eigenvalue weighted by molar-refractivity contribution is -0.385. The third-order valence-corrected chi connectivity index (χ3v) is 2.26. The molecule has 0 amide bonds. The molecule has 0 saturated heterocycles. The number of esters is 1. The number of hydrogen-bond acceptors (Lipinski definition) is 6. The molecule has 0 spiro atoms. The molecule has 8 heteroatoms. The number of rotatable bonds is 4. The smallest absolute Gasteiger partial charge is 0.338 e. The van der Waals surface area contributed by atoms with Gasteiger partial charge in [0.2, 0.25) is 0 Å². The molecule has 0 aromatic heterocycles. The number of ether oxygens (including phenoxy) is 1. The highest BCUT2D eigenvalue weighted by atomic mass is 16.6. The molecule has 3 N–H and O–H groups in total. The number of aliphatic carboxylic acids is 1. The molecule has 1 aromatic rings. The van der Waals surface area contributed by atoms with E-state index in [0.29, 0.717) is 0 Å². The van der Waals surface area contributed by atoms with E-state index in [1.54, 1.807) is 0 Å². The van der Waals surface area contributed by atoms with Gasteiger partial charge in [-0.15, -0.1) is 0 Å². The number of nitrogens with two attached hydrogens (primary N) is 1. The molecule has 1 atom stereocenters. The fraction of sp³-hybridized carbons (Fsp3) is 0.200. The molecule has 96 valence electrons. The summed E-state index contributed by atoms with van der Waals surface area (Å²) in [7, 11) is 1.08. The van der Waals surface area contributed by atoms with Gasteiger partial charge >= 0.3 is 11.9 Å². The van der Waals surface area contributed by atoms with E-state index in [-0.39, 0.29) is 11.1 Å². The summed E-state index contributed by atoms with van der Waals surface area (Å²) in [5, 5.41) is 19.6. The predicted molar refractivity (Wildman–Crippen MR) is 59.0 cm³/mol. The number of carboxylic acid groups (broad SMARTS) is 1. The van der Waals surface area contributed by atoms with Gasteiger partial charge < -0.3 is 15.6 Å². The van der Waals surface area contributed by atoms with Gasteiger partial charge in [0.15, 0.2) is 0 Å². The lowest BCUT2D eigenvalue weighted by Gasteiger charge is -2.11. The highest BCUT2D eigenvalue weighted by Gasteiger charge is 2.30. The maximum Gasteiger partial charge on any atom is 0.338 e. The summed E-state index contributed by atoms with van der Waals surface area (Å²) in [4.78, 5) is 32.3. The SMILES string of the molecule is COC(=O)c1cccc([N+](=O)[O-])c1C(N)C(=O)O. The highest BCUT2D eigenvalue weighted by Crippen LogP contribution is 2.28. The monoisotopic (exact) mass is 254 g/mol. The Morgan fingerprint density at radius 1 is 1.50 bits per heavy atom. The number of nitro benzene ring substituents is 1. The Morgan fingerprint density at radius 3 is 2.56 bits per heavy atom. The first kappa shape index (κ1) is 13.6. The quantitative estimate of drug-likeness (QED) is 0.453. The van der Waals surface area contributed by atoms with Gasteiger partial charge in [0, 0.05) is 6.07 Å². The summed E-state index contributed by atoms with van der Waals surface area (Å²) in [6.07, 6.45) is 0. The van der Waals surface area contributed by atoms with Gasteiger partial charge in [-0.2, -0.15) is 0 Å². The third-order valence-electron chi connectivity index (χ3n) is 2.26. The normalized spacial score (nSPS) is 11.7. The average molecular weight is 254 g/mol. The van der Waals surface area contributed by atoms with E-state index < -0.39 is 28.6 Å². The summed E-state index contributed by atoms with van der Waals surface area (Å²) in [5.74, 6) is -2.36. The molecule has 0 bridgehead atoms. The van der Waals surface area contributed by atoms with E-state index in [1.807, 2.05) is 0 Å². The Balaban J connectivity index is 3.53. The second-order valence-electron chi connectivity index (χ2n) is 3.30. The van der Waals surface area contributed by atoms with Gasteiger partial charge in [-0.25, -0.2) is 4.79 Å². The zero-order valence-corrected chi connectivity index (χ0v) is 9.32. The number of hydrogen-bond donors (Lipinski definition) is 2. The second-order valence-corrected chi connectivity index (χ2v) is 3.30. The van der Waals surface area contributed by atoms with Crippen LogP contribution in [0, 0.1) is 10.1 Å². The van der Waals surface area contributed by atoms with Crippen molar-refractivity contribution >= 4 is 17.6 Å². The number of carbonyl (C=O) groups is 2. The standard InChI is InChI=1S/C10H10N2O6/c1-18-10(15)5-3-2-4-6(12(16)17)7(5)8(11)9(13)14/h2-4,8H,11H2,1H3,(H,13,14). The van der Waals surface area contributed by atoms with Gasteiger partial charge in [0.25, 0.3) is 5.69 Å². The Kier molecular flexibility index (Phi) is 3.95. The molecule has 0 aliphatic carbocycles. The molecule has 0 heterocycles. The number of carboxylic acids is 1. The average Bonchev–Trinajstić information content (AvgIpc) is 2.35. The Hall–Kier alpha value is -2.48. The first-order valence-corrected chi connectivity index (χ1v) is 4.74. The Morgan fingerprint density at radius 2 is 2.11 bits per heavy atom. The first-order valence-electron chi connectivity index (χ1n) is 4.74. The third kappa shape index (κ3) is 2.43. The van der Waals surface area contributed by atoms with Crippen LogP contribution in [0.4, 0.5) is 5.69 Å². The molecule has 1 unspecified atom stereocenters. The van der Waals surface area contributed by atoms with E-state index in [2.05, 4.69) is 4.74 Å². The van der Waals surface area contributed by atoms with Gasteiger partial charge in [0.1, 0.15) is 6.04 Å². The maximum absolute atomic E-state index is 11.4. The minimum Gasteiger partial charge on any atom is -0.480 e. The van der Waals surface area contributed by atoms with Crippen molar-refractivity contribution in [3.8, 4) is 0 Å². The van der Waals surface area contributed by atoms with E-state index in [1.165, 1.54) is 12.1 Å². The lowest BCUT2D eigenvalue weighted by Crippen LogP contribution is -2.24. The van der Waals surface area contributed by atoms with Crippen LogP contribution < -0.4 is 5.73 Å². The maximum atomic E-state index is 11.4. The van der Waals surface area contributed by atoms with E-state index in [0.717, 1.165) is 13.2 Å². The molecule has 0 radical (unpaired) electrons.